The molecular weight excluding hydrogens is 504 g/mol. The van der Waals surface area contributed by atoms with Crippen LogP contribution < -0.4 is 0 Å². The molecule has 0 bridgehead atoms. The molecule has 9 nitrogen and oxygen atoms in total. The van der Waals surface area contributed by atoms with Gasteiger partial charge in [0.05, 0.1) is 24.7 Å². The quantitative estimate of drug-likeness (QED) is 0.171. The van der Waals surface area contributed by atoms with Gasteiger partial charge in [-0.05, 0) is 38.3 Å². The molecule has 10 atom stereocenters. The smallest absolute Gasteiger partial charge is 0.309 e. The maximum absolute atomic E-state index is 12.6. The highest BCUT2D eigenvalue weighted by atomic mass is 16.6. The van der Waals surface area contributed by atoms with Gasteiger partial charge in [-0.3, -0.25) is 14.4 Å². The van der Waals surface area contributed by atoms with Gasteiger partial charge in [-0.25, -0.2) is 0 Å². The van der Waals surface area contributed by atoms with Gasteiger partial charge in [0.2, 0.25) is 0 Å². The van der Waals surface area contributed by atoms with Crippen molar-refractivity contribution in [2.75, 3.05) is 0 Å². The number of aliphatic hydroxyl groups excluding tert-OH is 2. The highest BCUT2D eigenvalue weighted by Crippen LogP contribution is 2.35. The molecule has 0 saturated carbocycles. The zero-order valence-electron chi connectivity index (χ0n) is 24.2. The zero-order chi connectivity index (χ0) is 29.5. The number of aliphatic hydroxyl groups is 3. The van der Waals surface area contributed by atoms with Crippen molar-refractivity contribution in [3.8, 4) is 0 Å². The van der Waals surface area contributed by atoms with Crippen molar-refractivity contribution >= 4 is 17.7 Å². The number of allylic oxidation sites excluding steroid dienone is 2. The van der Waals surface area contributed by atoms with Crippen molar-refractivity contribution in [2.24, 2.45) is 17.8 Å². The van der Waals surface area contributed by atoms with Gasteiger partial charge in [-0.15, -0.1) is 0 Å². The van der Waals surface area contributed by atoms with E-state index in [1.54, 1.807) is 24.3 Å². The van der Waals surface area contributed by atoms with Crippen molar-refractivity contribution in [1.82, 2.24) is 0 Å². The monoisotopic (exact) mass is 550 g/mol. The van der Waals surface area contributed by atoms with Crippen LogP contribution in [-0.2, 0) is 28.6 Å². The topological polar surface area (TPSA) is 143 Å². The van der Waals surface area contributed by atoms with Gasteiger partial charge in [-0.2, -0.15) is 0 Å². The lowest BCUT2D eigenvalue weighted by Crippen LogP contribution is -2.42. The molecule has 0 aromatic rings. The molecule has 0 aromatic heterocycles. The Morgan fingerprint density at radius 2 is 1.90 bits per heavy atom. The first-order valence-corrected chi connectivity index (χ1v) is 13.8. The number of ether oxygens (including phenoxy) is 3. The summed E-state index contributed by atoms with van der Waals surface area (Å²) in [6.07, 6.45) is 5.16. The summed E-state index contributed by atoms with van der Waals surface area (Å²) in [5, 5.41) is 32.0. The molecule has 220 valence electrons. The van der Waals surface area contributed by atoms with E-state index < -0.39 is 42.0 Å². The van der Waals surface area contributed by atoms with E-state index in [2.05, 4.69) is 0 Å². The molecule has 0 amide bonds. The molecule has 1 saturated heterocycles. The standard InChI is InChI=1S/C30H46O9/c1-8-23(33)20(5)28-29(39-28)26(35)17(2)10-9-11-18(3)27-19(4)12-13-24(37-21(6)31)30(7,36)15-14-22(32)16-25(34)38-27/h9-13,17,19-20,22,24,26-29,32,35-36H,8,14-16H2,1-7H3/b10-9+,13-12+,18-11+/t17?,19?,20?,22?,24?,26-,27?,28?,29?,30?/m0/s1. The first-order valence-electron chi connectivity index (χ1n) is 13.8. The van der Waals surface area contributed by atoms with E-state index in [0.29, 0.717) is 6.42 Å². The van der Waals surface area contributed by atoms with Gasteiger partial charge in [0.15, 0.2) is 0 Å². The molecule has 0 aliphatic carbocycles. The van der Waals surface area contributed by atoms with Crippen LogP contribution in [0.3, 0.4) is 0 Å². The Balaban J connectivity index is 2.17. The predicted octanol–water partition coefficient (Wildman–Crippen LogP) is 3.20. The first-order chi connectivity index (χ1) is 18.2. The Bertz CT molecular complexity index is 950. The maximum atomic E-state index is 12.6. The molecule has 39 heavy (non-hydrogen) atoms. The third-order valence-corrected chi connectivity index (χ3v) is 7.63. The van der Waals surface area contributed by atoms with E-state index in [1.807, 2.05) is 40.7 Å². The van der Waals surface area contributed by atoms with E-state index in [9.17, 15) is 29.7 Å². The molecule has 2 heterocycles. The molecular formula is C30H46O9. The lowest BCUT2D eigenvalue weighted by atomic mass is 9.88. The second kappa shape index (κ2) is 14.3. The summed E-state index contributed by atoms with van der Waals surface area (Å²) < 4.78 is 16.7. The normalized spacial score (nSPS) is 35.6. The number of Topliss-reactive ketones (excluding diaryl/α,β-unsaturated/α-hetero) is 1. The zero-order valence-corrected chi connectivity index (χ0v) is 24.2. The Kier molecular flexibility index (Phi) is 12.1. The van der Waals surface area contributed by atoms with E-state index in [0.717, 1.165) is 5.57 Å². The fourth-order valence-electron chi connectivity index (χ4n) is 4.84. The molecule has 9 unspecified atom stereocenters. The lowest BCUT2D eigenvalue weighted by Gasteiger charge is -2.32. The van der Waals surface area contributed by atoms with Crippen LogP contribution in [0.2, 0.25) is 0 Å². The van der Waals surface area contributed by atoms with Crippen LogP contribution in [0.15, 0.2) is 36.0 Å². The number of cyclic esters (lactones) is 1. The average Bonchev–Trinajstić information content (AvgIpc) is 3.66. The van der Waals surface area contributed by atoms with Crippen LogP contribution in [0.5, 0.6) is 0 Å². The second-order valence-electron chi connectivity index (χ2n) is 11.3. The minimum atomic E-state index is -1.43. The van der Waals surface area contributed by atoms with Crippen LogP contribution in [0.25, 0.3) is 0 Å². The molecule has 0 radical (unpaired) electrons. The maximum Gasteiger partial charge on any atom is 0.309 e. The van der Waals surface area contributed by atoms with E-state index in [4.69, 9.17) is 14.2 Å². The second-order valence-corrected chi connectivity index (χ2v) is 11.3. The summed E-state index contributed by atoms with van der Waals surface area (Å²) in [5.74, 6) is -1.82. The lowest BCUT2D eigenvalue weighted by molar-refractivity contribution is -0.157. The molecule has 9 heteroatoms. The molecule has 2 aliphatic heterocycles. The summed E-state index contributed by atoms with van der Waals surface area (Å²) in [7, 11) is 0. The molecule has 0 spiro atoms. The van der Waals surface area contributed by atoms with Crippen LogP contribution in [0.4, 0.5) is 0 Å². The van der Waals surface area contributed by atoms with Crippen molar-refractivity contribution in [3.05, 3.63) is 36.0 Å². The van der Waals surface area contributed by atoms with Gasteiger partial charge >= 0.3 is 11.9 Å². The third kappa shape index (κ3) is 9.67. The van der Waals surface area contributed by atoms with E-state index in [1.165, 1.54) is 13.8 Å². The van der Waals surface area contributed by atoms with E-state index in [-0.39, 0.29) is 55.0 Å². The third-order valence-electron chi connectivity index (χ3n) is 7.63. The Hall–Kier alpha value is -2.33. The number of carbonyl (C=O) groups is 3. The number of ketones is 1. The summed E-state index contributed by atoms with van der Waals surface area (Å²) in [6, 6.07) is 0. The summed E-state index contributed by atoms with van der Waals surface area (Å²) >= 11 is 0. The minimum absolute atomic E-state index is 0.113. The molecule has 0 aromatic carbocycles. The van der Waals surface area contributed by atoms with Crippen LogP contribution in [0, 0.1) is 17.8 Å². The van der Waals surface area contributed by atoms with Crippen molar-refractivity contribution < 1.29 is 43.9 Å². The van der Waals surface area contributed by atoms with Gasteiger partial charge in [0, 0.05) is 31.1 Å². The largest absolute Gasteiger partial charge is 0.457 e. The number of hydrogen-bond acceptors (Lipinski definition) is 9. The average molecular weight is 551 g/mol. The number of rotatable bonds is 9. The van der Waals surface area contributed by atoms with Gasteiger partial charge < -0.3 is 29.5 Å². The van der Waals surface area contributed by atoms with Crippen molar-refractivity contribution in [2.45, 2.75) is 116 Å². The summed E-state index contributed by atoms with van der Waals surface area (Å²) in [4.78, 5) is 36.2. The number of carbonyl (C=O) groups excluding carboxylic acids is 3. The van der Waals surface area contributed by atoms with Gasteiger partial charge in [-0.1, -0.05) is 52.0 Å². The number of hydrogen-bond donors (Lipinski definition) is 3. The van der Waals surface area contributed by atoms with Crippen molar-refractivity contribution in [3.63, 3.8) is 0 Å². The fraction of sp³-hybridized carbons (Fsp3) is 0.700. The fourth-order valence-corrected chi connectivity index (χ4v) is 4.84. The van der Waals surface area contributed by atoms with E-state index >= 15 is 0 Å². The first kappa shape index (κ1) is 32.9. The van der Waals surface area contributed by atoms with Crippen LogP contribution in [-0.4, -0.2) is 75.3 Å². The van der Waals surface area contributed by atoms with Crippen LogP contribution >= 0.6 is 0 Å². The van der Waals surface area contributed by atoms with Gasteiger partial charge in [0.25, 0.3) is 0 Å². The summed E-state index contributed by atoms with van der Waals surface area (Å²) in [6.45, 7) is 11.9. The number of esters is 2. The molecule has 2 aliphatic rings. The van der Waals surface area contributed by atoms with Crippen molar-refractivity contribution in [1.29, 1.82) is 0 Å². The Morgan fingerprint density at radius 3 is 2.51 bits per heavy atom. The highest BCUT2D eigenvalue weighted by Gasteiger charge is 2.50. The molecule has 3 N–H and O–H groups in total. The predicted molar refractivity (Wildman–Crippen MR) is 145 cm³/mol. The van der Waals surface area contributed by atoms with Crippen LogP contribution in [0.1, 0.15) is 74.1 Å². The molecule has 2 rings (SSSR count). The molecule has 1 fully saturated rings. The summed E-state index contributed by atoms with van der Waals surface area (Å²) in [5.41, 5.74) is -0.707. The number of epoxide rings is 1. The Morgan fingerprint density at radius 1 is 1.23 bits per heavy atom. The SMILES string of the molecule is CCC(=O)C(C)C1OC1[C@@H](O)C(C)/C=C/C=C(\C)C1OC(=O)CC(O)CCC(C)(O)C(OC(C)=O)/C=C/C1C. The van der Waals surface area contributed by atoms with Gasteiger partial charge in [0.1, 0.15) is 29.7 Å². The minimum Gasteiger partial charge on any atom is -0.457 e. The Labute approximate surface area is 231 Å². The highest BCUT2D eigenvalue weighted by molar-refractivity contribution is 5.81.